The second-order valence-corrected chi connectivity index (χ2v) is 3.39. The van der Waals surface area contributed by atoms with E-state index in [-0.39, 0.29) is 5.96 Å². The molecule has 0 aromatic rings. The molecule has 52 valence electrons. The first-order valence-electron chi connectivity index (χ1n) is 2.47. The van der Waals surface area contributed by atoms with Gasteiger partial charge < -0.3 is 10.6 Å². The highest BCUT2D eigenvalue weighted by molar-refractivity contribution is 7.43. The fourth-order valence-corrected chi connectivity index (χ4v) is 1.12. The van der Waals surface area contributed by atoms with Crippen molar-refractivity contribution in [3.63, 3.8) is 0 Å². The first kappa shape index (κ1) is 8.37. The Kier molecular flexibility index (Phi) is 3.17. The van der Waals surface area contributed by atoms with Crippen LogP contribution >= 0.6 is 7.80 Å². The molecule has 0 amide bonds. The van der Waals surface area contributed by atoms with Crippen LogP contribution in [0, 0.1) is 5.41 Å². The Morgan fingerprint density at radius 2 is 2.33 bits per heavy atom. The van der Waals surface area contributed by atoms with Gasteiger partial charge in [-0.05, 0) is 0 Å². The molecule has 9 heavy (non-hydrogen) atoms. The van der Waals surface area contributed by atoms with Crippen LogP contribution in [0.15, 0.2) is 0 Å². The number of hydrogen-bond donors (Lipinski definition) is 2. The topological polar surface area (TPSA) is 70.2 Å². The molecule has 0 aromatic carbocycles. The molecular weight excluding hydrogens is 137 g/mol. The van der Waals surface area contributed by atoms with Crippen LogP contribution in [0.4, 0.5) is 0 Å². The highest BCUT2D eigenvalue weighted by atomic mass is 31.1. The Hall–Kier alpha value is -0.630. The minimum atomic E-state index is -1.22. The van der Waals surface area contributed by atoms with Gasteiger partial charge in [0.15, 0.2) is 5.96 Å². The van der Waals surface area contributed by atoms with Crippen LogP contribution < -0.4 is 5.73 Å². The average molecular weight is 148 g/mol. The molecule has 0 radical (unpaired) electrons. The summed E-state index contributed by atoms with van der Waals surface area (Å²) in [6.45, 7) is 1.61. The number of rotatable bonds is 2. The molecule has 0 saturated carbocycles. The van der Waals surface area contributed by atoms with Gasteiger partial charge in [-0.1, -0.05) is 4.57 Å². The van der Waals surface area contributed by atoms with Gasteiger partial charge in [0.1, 0.15) is 6.66 Å². The summed E-state index contributed by atoms with van der Waals surface area (Å²) in [5.74, 6) is -0.0415. The minimum Gasteiger partial charge on any atom is -0.370 e. The van der Waals surface area contributed by atoms with Crippen molar-refractivity contribution in [1.29, 1.82) is 5.41 Å². The quantitative estimate of drug-likeness (QED) is 0.334. The Labute approximate surface area is 55.3 Å². The second kappa shape index (κ2) is 3.41. The van der Waals surface area contributed by atoms with E-state index in [1.165, 1.54) is 4.90 Å². The SMILES string of the molecule is CN(C[P+](C)=O)C(=N)N. The van der Waals surface area contributed by atoms with Crippen LogP contribution in [0.1, 0.15) is 0 Å². The molecule has 0 spiro atoms. The van der Waals surface area contributed by atoms with E-state index in [4.69, 9.17) is 11.1 Å². The molecule has 0 fully saturated rings. The standard InChI is InChI=1S/C4H11N3OP/c1-7(4(5)6)3-9(2)8/h3H2,1-2H3,(H3,5,6)/q+1. The zero-order chi connectivity index (χ0) is 7.44. The number of guanidine groups is 1. The fraction of sp³-hybridized carbons (Fsp3) is 0.750. The highest BCUT2D eigenvalue weighted by Crippen LogP contribution is 2.13. The van der Waals surface area contributed by atoms with E-state index in [9.17, 15) is 4.57 Å². The molecule has 4 nitrogen and oxygen atoms in total. The van der Waals surface area contributed by atoms with Gasteiger partial charge in [-0.15, -0.1) is 0 Å². The van der Waals surface area contributed by atoms with Crippen molar-refractivity contribution in [1.82, 2.24) is 4.90 Å². The summed E-state index contributed by atoms with van der Waals surface area (Å²) in [6.07, 6.45) is 0.366. The molecule has 1 atom stereocenters. The Bertz CT molecular complexity index is 136. The van der Waals surface area contributed by atoms with Crippen LogP contribution in [-0.2, 0) is 4.57 Å². The summed E-state index contributed by atoms with van der Waals surface area (Å²) in [4.78, 5) is 1.44. The fourth-order valence-electron chi connectivity index (χ4n) is 0.375. The third-order valence-electron chi connectivity index (χ3n) is 0.823. The van der Waals surface area contributed by atoms with Crippen molar-refractivity contribution < 1.29 is 4.57 Å². The third kappa shape index (κ3) is 3.91. The largest absolute Gasteiger partial charge is 0.370 e. The monoisotopic (exact) mass is 148 g/mol. The lowest BCUT2D eigenvalue weighted by atomic mass is 10.8. The first-order valence-corrected chi connectivity index (χ1v) is 4.36. The Morgan fingerprint density at radius 1 is 1.89 bits per heavy atom. The van der Waals surface area contributed by atoms with Crippen molar-refractivity contribution in [2.24, 2.45) is 5.73 Å². The lowest BCUT2D eigenvalue weighted by Gasteiger charge is -2.08. The zero-order valence-corrected chi connectivity index (χ0v) is 6.48. The lowest BCUT2D eigenvalue weighted by Crippen LogP contribution is -2.32. The van der Waals surface area contributed by atoms with Gasteiger partial charge in [0.2, 0.25) is 6.29 Å². The van der Waals surface area contributed by atoms with E-state index < -0.39 is 7.80 Å². The number of nitrogens with two attached hydrogens (primary N) is 1. The van der Waals surface area contributed by atoms with E-state index in [1.54, 1.807) is 13.7 Å². The molecule has 0 rings (SSSR count). The maximum absolute atomic E-state index is 10.5. The van der Waals surface area contributed by atoms with Crippen LogP contribution in [-0.4, -0.2) is 30.9 Å². The van der Waals surface area contributed by atoms with Gasteiger partial charge in [0.05, 0.1) is 0 Å². The van der Waals surface area contributed by atoms with Gasteiger partial charge in [-0.25, -0.2) is 0 Å². The number of nitrogens with zero attached hydrogens (tertiary/aromatic N) is 1. The van der Waals surface area contributed by atoms with Crippen molar-refractivity contribution in [3.8, 4) is 0 Å². The first-order chi connectivity index (χ1) is 4.04. The van der Waals surface area contributed by atoms with Crippen molar-refractivity contribution in [2.45, 2.75) is 0 Å². The van der Waals surface area contributed by atoms with E-state index >= 15 is 0 Å². The minimum absolute atomic E-state index is 0.0415. The van der Waals surface area contributed by atoms with Gasteiger partial charge in [0.25, 0.3) is 0 Å². The maximum atomic E-state index is 10.5. The molecule has 0 aliphatic rings. The second-order valence-electron chi connectivity index (χ2n) is 1.85. The van der Waals surface area contributed by atoms with Crippen molar-refractivity contribution in [2.75, 3.05) is 20.0 Å². The molecule has 0 aliphatic carbocycles. The zero-order valence-electron chi connectivity index (χ0n) is 5.59. The molecule has 3 N–H and O–H groups in total. The summed E-state index contributed by atoms with van der Waals surface area (Å²) in [7, 11) is 0.421. The predicted molar refractivity (Wildman–Crippen MR) is 38.1 cm³/mol. The molecule has 0 saturated heterocycles. The molecule has 0 aromatic heterocycles. The normalized spacial score (nSPS) is 10.7. The van der Waals surface area contributed by atoms with Gasteiger partial charge in [0, 0.05) is 7.05 Å². The summed E-state index contributed by atoms with van der Waals surface area (Å²) in [5, 5.41) is 6.87. The maximum Gasteiger partial charge on any atom is 0.357 e. The van der Waals surface area contributed by atoms with Crippen LogP contribution in [0.3, 0.4) is 0 Å². The van der Waals surface area contributed by atoms with Crippen LogP contribution in [0.25, 0.3) is 0 Å². The van der Waals surface area contributed by atoms with Gasteiger partial charge in [-0.2, -0.15) is 0 Å². The molecule has 1 unspecified atom stereocenters. The number of hydrogen-bond acceptors (Lipinski definition) is 2. The van der Waals surface area contributed by atoms with E-state index in [0.29, 0.717) is 6.29 Å². The molecule has 0 bridgehead atoms. The molecule has 0 aliphatic heterocycles. The van der Waals surface area contributed by atoms with Crippen LogP contribution in [0.2, 0.25) is 0 Å². The van der Waals surface area contributed by atoms with Crippen molar-refractivity contribution >= 4 is 13.8 Å². The third-order valence-corrected chi connectivity index (χ3v) is 1.65. The average Bonchev–Trinajstić information content (AvgIpc) is 1.63. The lowest BCUT2D eigenvalue weighted by molar-refractivity contribution is 0.543. The Morgan fingerprint density at radius 3 is 2.44 bits per heavy atom. The van der Waals surface area contributed by atoms with E-state index in [1.807, 2.05) is 0 Å². The summed E-state index contributed by atoms with van der Waals surface area (Å²) in [5.41, 5.74) is 5.06. The van der Waals surface area contributed by atoms with E-state index in [2.05, 4.69) is 0 Å². The molecule has 0 heterocycles. The Balaban J connectivity index is 3.63. The summed E-state index contributed by atoms with van der Waals surface area (Å²) in [6, 6.07) is 0. The van der Waals surface area contributed by atoms with E-state index in [0.717, 1.165) is 0 Å². The van der Waals surface area contributed by atoms with Gasteiger partial charge in [-0.3, -0.25) is 5.41 Å². The van der Waals surface area contributed by atoms with Crippen molar-refractivity contribution in [3.05, 3.63) is 0 Å². The smallest absolute Gasteiger partial charge is 0.357 e. The highest BCUT2D eigenvalue weighted by Gasteiger charge is 2.10. The predicted octanol–water partition coefficient (Wildman–Crippen LogP) is 0.226. The number of nitrogens with one attached hydrogen (secondary N) is 1. The summed E-state index contributed by atoms with van der Waals surface area (Å²) < 4.78 is 10.5. The molecule has 5 heteroatoms. The van der Waals surface area contributed by atoms with Crippen LogP contribution in [0.5, 0.6) is 0 Å². The summed E-state index contributed by atoms with van der Waals surface area (Å²) >= 11 is 0. The molecular formula is C4H11N3OP+. The van der Waals surface area contributed by atoms with Gasteiger partial charge >= 0.3 is 7.80 Å².